The molecule has 39 valence electrons. The summed E-state index contributed by atoms with van der Waals surface area (Å²) in [6.07, 6.45) is 8.92. The second-order valence-corrected chi connectivity index (χ2v) is 1.83. The molecule has 0 rings (SSSR count). The zero-order valence-electron chi connectivity index (χ0n) is 4.99. The van der Waals surface area contributed by atoms with E-state index >= 15 is 0 Å². The molecule has 0 amide bonds. The Balaban J connectivity index is 3.04. The Hall–Kier alpha value is -0.440. The molecule has 0 N–H and O–H groups in total. The van der Waals surface area contributed by atoms with Gasteiger partial charge in [0.25, 0.3) is 0 Å². The third-order valence-corrected chi connectivity index (χ3v) is 0.968. The van der Waals surface area contributed by atoms with E-state index in [2.05, 4.69) is 12.8 Å². The van der Waals surface area contributed by atoms with Crippen molar-refractivity contribution < 1.29 is 0 Å². The third kappa shape index (κ3) is 3.39. The summed E-state index contributed by atoms with van der Waals surface area (Å²) >= 11 is 0. The minimum Gasteiger partial charge on any atom is -0.0860 e. The van der Waals surface area contributed by atoms with Crippen LogP contribution in [-0.2, 0) is 0 Å². The van der Waals surface area contributed by atoms with Gasteiger partial charge in [-0.15, -0.1) is 0 Å². The van der Waals surface area contributed by atoms with E-state index in [1.807, 2.05) is 6.92 Å². The van der Waals surface area contributed by atoms with E-state index in [4.69, 9.17) is 6.42 Å². The van der Waals surface area contributed by atoms with E-state index < -0.39 is 0 Å². The van der Waals surface area contributed by atoms with Crippen molar-refractivity contribution in [3.63, 3.8) is 0 Å². The highest BCUT2D eigenvalue weighted by Crippen LogP contribution is 2.00. The molecular formula is C7H11. The van der Waals surface area contributed by atoms with Crippen LogP contribution >= 0.6 is 0 Å². The maximum atomic E-state index is 6.66. The molecule has 0 bridgehead atoms. The van der Waals surface area contributed by atoms with E-state index in [0.717, 1.165) is 12.8 Å². The average molecular weight is 95.2 g/mol. The van der Waals surface area contributed by atoms with Crippen molar-refractivity contribution in [2.75, 3.05) is 0 Å². The van der Waals surface area contributed by atoms with Crippen molar-refractivity contribution in [1.82, 2.24) is 0 Å². The second-order valence-electron chi connectivity index (χ2n) is 1.83. The number of hydrogen-bond donors (Lipinski definition) is 0. The Bertz CT molecular complexity index is 66.6. The van der Waals surface area contributed by atoms with Gasteiger partial charge in [0, 0.05) is 5.92 Å². The van der Waals surface area contributed by atoms with Gasteiger partial charge in [0.1, 0.15) is 0 Å². The fourth-order valence-electron chi connectivity index (χ4n) is 0.505. The summed E-state index contributed by atoms with van der Waals surface area (Å²) in [6, 6.07) is 0. The van der Waals surface area contributed by atoms with Gasteiger partial charge in [-0.1, -0.05) is 26.2 Å². The van der Waals surface area contributed by atoms with Gasteiger partial charge in [-0.2, -0.15) is 0 Å². The van der Waals surface area contributed by atoms with Crippen LogP contribution < -0.4 is 0 Å². The summed E-state index contributed by atoms with van der Waals surface area (Å²) < 4.78 is 0. The molecule has 0 aromatic heterocycles. The first-order valence-corrected chi connectivity index (χ1v) is 2.73. The summed E-state index contributed by atoms with van der Waals surface area (Å²) in [6.45, 7) is 4.13. The summed E-state index contributed by atoms with van der Waals surface area (Å²) in [7, 11) is 0. The van der Waals surface area contributed by atoms with Crippen molar-refractivity contribution >= 4 is 0 Å². The lowest BCUT2D eigenvalue weighted by Gasteiger charge is -1.95. The first kappa shape index (κ1) is 6.56. The Morgan fingerprint density at radius 1 is 1.71 bits per heavy atom. The van der Waals surface area contributed by atoms with Crippen molar-refractivity contribution in [3.05, 3.63) is 6.42 Å². The van der Waals surface area contributed by atoms with E-state index in [-0.39, 0.29) is 0 Å². The molecule has 0 saturated carbocycles. The molecule has 0 aliphatic heterocycles. The largest absolute Gasteiger partial charge is 0.0860 e. The molecule has 1 radical (unpaired) electrons. The van der Waals surface area contributed by atoms with Gasteiger partial charge < -0.3 is 0 Å². The van der Waals surface area contributed by atoms with Crippen LogP contribution in [0.25, 0.3) is 0 Å². The van der Waals surface area contributed by atoms with Gasteiger partial charge in [-0.3, -0.25) is 0 Å². The highest BCUT2D eigenvalue weighted by atomic mass is 13.9. The predicted molar refractivity (Wildman–Crippen MR) is 31.2 cm³/mol. The normalized spacial score (nSPS) is 12.7. The van der Waals surface area contributed by atoms with Crippen molar-refractivity contribution in [2.45, 2.75) is 26.7 Å². The topological polar surface area (TPSA) is 0 Å². The molecule has 0 heterocycles. The quantitative estimate of drug-likeness (QED) is 0.460. The summed E-state index contributed by atoms with van der Waals surface area (Å²) in [5.74, 6) is 2.78. The molecule has 0 aromatic carbocycles. The highest BCUT2D eigenvalue weighted by molar-refractivity contribution is 4.82. The molecular weight excluding hydrogens is 84.1 g/mol. The van der Waals surface area contributed by atoms with E-state index in [1.165, 1.54) is 0 Å². The fraction of sp³-hybridized carbons (Fsp3) is 0.714. The molecule has 0 saturated heterocycles. The Labute approximate surface area is 45.9 Å². The maximum Gasteiger partial charge on any atom is 0.0184 e. The van der Waals surface area contributed by atoms with Gasteiger partial charge in [0.05, 0.1) is 0 Å². The SMILES string of the molecule is [C]#CC(C)CCC. The minimum absolute atomic E-state index is 0.366. The van der Waals surface area contributed by atoms with Crippen molar-refractivity contribution in [2.24, 2.45) is 5.92 Å². The van der Waals surface area contributed by atoms with E-state index in [1.54, 1.807) is 0 Å². The smallest absolute Gasteiger partial charge is 0.0184 e. The van der Waals surface area contributed by atoms with E-state index in [0.29, 0.717) is 5.92 Å². The second kappa shape index (κ2) is 3.74. The minimum atomic E-state index is 0.366. The molecule has 0 aliphatic rings. The van der Waals surface area contributed by atoms with Crippen molar-refractivity contribution in [3.8, 4) is 5.92 Å². The zero-order chi connectivity index (χ0) is 5.70. The molecule has 0 nitrogen and oxygen atoms in total. The summed E-state index contributed by atoms with van der Waals surface area (Å²) in [5.41, 5.74) is 0. The predicted octanol–water partition coefficient (Wildman–Crippen LogP) is 2.01. The van der Waals surface area contributed by atoms with Gasteiger partial charge in [0.15, 0.2) is 0 Å². The molecule has 1 atom stereocenters. The van der Waals surface area contributed by atoms with Crippen LogP contribution in [0.4, 0.5) is 0 Å². The standard InChI is InChI=1S/C7H11/c1-4-6-7(3)5-2/h7H,4,6H2,1,3H3. The first-order valence-electron chi connectivity index (χ1n) is 2.73. The van der Waals surface area contributed by atoms with Crippen LogP contribution in [0.2, 0.25) is 0 Å². The lowest BCUT2D eigenvalue weighted by Crippen LogP contribution is -1.85. The lowest BCUT2D eigenvalue weighted by atomic mass is 10.1. The molecule has 0 spiro atoms. The molecule has 0 aromatic rings. The van der Waals surface area contributed by atoms with Crippen LogP contribution in [0.15, 0.2) is 0 Å². The van der Waals surface area contributed by atoms with Gasteiger partial charge >= 0.3 is 0 Å². The summed E-state index contributed by atoms with van der Waals surface area (Å²) in [5, 5.41) is 0. The van der Waals surface area contributed by atoms with Crippen LogP contribution in [0, 0.1) is 18.3 Å². The van der Waals surface area contributed by atoms with Gasteiger partial charge in [-0.25, -0.2) is 0 Å². The Kier molecular flexibility index (Phi) is 3.50. The maximum absolute atomic E-state index is 6.66. The number of hydrogen-bond acceptors (Lipinski definition) is 0. The highest BCUT2D eigenvalue weighted by Gasteiger charge is 1.90. The molecule has 1 unspecified atom stereocenters. The molecule has 7 heavy (non-hydrogen) atoms. The van der Waals surface area contributed by atoms with Crippen LogP contribution in [0.5, 0.6) is 0 Å². The summed E-state index contributed by atoms with van der Waals surface area (Å²) in [4.78, 5) is 0. The Morgan fingerprint density at radius 3 is 2.43 bits per heavy atom. The van der Waals surface area contributed by atoms with Crippen molar-refractivity contribution in [1.29, 1.82) is 0 Å². The lowest BCUT2D eigenvalue weighted by molar-refractivity contribution is 0.653. The fourth-order valence-corrected chi connectivity index (χ4v) is 0.505. The number of rotatable bonds is 2. The van der Waals surface area contributed by atoms with Crippen LogP contribution in [-0.4, -0.2) is 0 Å². The van der Waals surface area contributed by atoms with E-state index in [9.17, 15) is 0 Å². The molecule has 0 heteroatoms. The molecule has 0 aliphatic carbocycles. The van der Waals surface area contributed by atoms with Gasteiger partial charge in [-0.05, 0) is 12.8 Å². The monoisotopic (exact) mass is 95.1 g/mol. The third-order valence-electron chi connectivity index (χ3n) is 0.968. The van der Waals surface area contributed by atoms with Crippen LogP contribution in [0.3, 0.4) is 0 Å². The Morgan fingerprint density at radius 2 is 2.29 bits per heavy atom. The molecule has 0 fully saturated rings. The first-order chi connectivity index (χ1) is 3.31. The van der Waals surface area contributed by atoms with Crippen LogP contribution in [0.1, 0.15) is 26.7 Å². The van der Waals surface area contributed by atoms with Gasteiger partial charge in [0.2, 0.25) is 0 Å². The zero-order valence-corrected chi connectivity index (χ0v) is 4.99. The average Bonchev–Trinajstić information content (AvgIpc) is 1.68.